The predicted molar refractivity (Wildman–Crippen MR) is 113 cm³/mol. The molecule has 1 atom stereocenters. The molecule has 1 aliphatic heterocycles. The number of benzene rings is 1. The number of sulfonamides is 1. The molecule has 1 heterocycles. The molecule has 12 heteroatoms. The van der Waals surface area contributed by atoms with E-state index in [9.17, 15) is 21.6 Å². The molecule has 1 saturated heterocycles. The van der Waals surface area contributed by atoms with E-state index in [1.54, 1.807) is 12.1 Å². The number of piperidine rings is 1. The minimum atomic E-state index is -3.53. The Bertz CT molecular complexity index is 930. The summed E-state index contributed by atoms with van der Waals surface area (Å²) >= 11 is 0. The standard InChI is InChI=1S/C18H30N4O6S2/c1-20(2)29(24,25)17-9-7-16(8-10-17)28-13-11-19-18(23)15-6-5-12-22(14-15)30(26,27)21(3)4/h7-10,15H,5-6,11-14H2,1-4H3,(H,19,23)/t15-/m1/s1. The number of carbonyl (C=O) groups excluding carboxylic acids is 1. The highest BCUT2D eigenvalue weighted by Crippen LogP contribution is 2.21. The zero-order valence-electron chi connectivity index (χ0n) is 17.7. The van der Waals surface area contributed by atoms with E-state index in [0.717, 1.165) is 8.61 Å². The number of nitrogens with one attached hydrogen (secondary N) is 1. The second kappa shape index (κ2) is 10.1. The zero-order chi connectivity index (χ0) is 22.5. The molecule has 0 radical (unpaired) electrons. The molecule has 2 rings (SSSR count). The maximum absolute atomic E-state index is 12.4. The van der Waals surface area contributed by atoms with Crippen LogP contribution in [-0.4, -0.2) is 90.1 Å². The van der Waals surface area contributed by atoms with E-state index in [2.05, 4.69) is 5.32 Å². The van der Waals surface area contributed by atoms with Crippen molar-refractivity contribution < 1.29 is 26.4 Å². The summed E-state index contributed by atoms with van der Waals surface area (Å²) in [5, 5.41) is 2.77. The van der Waals surface area contributed by atoms with Crippen LogP contribution in [0, 0.1) is 5.92 Å². The lowest BCUT2D eigenvalue weighted by atomic mass is 9.99. The van der Waals surface area contributed by atoms with Crippen molar-refractivity contribution in [1.82, 2.24) is 18.2 Å². The lowest BCUT2D eigenvalue weighted by Gasteiger charge is -2.32. The normalized spacial score (nSPS) is 18.5. The highest BCUT2D eigenvalue weighted by Gasteiger charge is 2.33. The number of amides is 1. The van der Waals surface area contributed by atoms with E-state index in [0.29, 0.717) is 25.1 Å². The third-order valence-electron chi connectivity index (χ3n) is 4.81. The summed E-state index contributed by atoms with van der Waals surface area (Å²) in [5.74, 6) is -0.114. The van der Waals surface area contributed by atoms with Gasteiger partial charge in [-0.2, -0.15) is 17.0 Å². The van der Waals surface area contributed by atoms with Crippen LogP contribution >= 0.6 is 0 Å². The molecular formula is C18H30N4O6S2. The van der Waals surface area contributed by atoms with Gasteiger partial charge in [0.1, 0.15) is 12.4 Å². The van der Waals surface area contributed by atoms with Crippen molar-refractivity contribution in [3.05, 3.63) is 24.3 Å². The summed E-state index contributed by atoms with van der Waals surface area (Å²) in [6.45, 7) is 1.04. The van der Waals surface area contributed by atoms with Crippen LogP contribution in [0.5, 0.6) is 5.75 Å². The van der Waals surface area contributed by atoms with Gasteiger partial charge >= 0.3 is 0 Å². The molecule has 0 spiro atoms. The number of ether oxygens (including phenoxy) is 1. The monoisotopic (exact) mass is 462 g/mol. The highest BCUT2D eigenvalue weighted by molar-refractivity contribution is 7.89. The zero-order valence-corrected chi connectivity index (χ0v) is 19.4. The molecule has 1 amide bonds. The Kier molecular flexibility index (Phi) is 8.22. The largest absolute Gasteiger partial charge is 0.492 e. The van der Waals surface area contributed by atoms with Gasteiger partial charge in [0.15, 0.2) is 0 Å². The van der Waals surface area contributed by atoms with Crippen molar-refractivity contribution in [3.8, 4) is 5.75 Å². The predicted octanol–water partition coefficient (Wildman–Crippen LogP) is -0.0497. The van der Waals surface area contributed by atoms with Gasteiger partial charge in [0.25, 0.3) is 10.2 Å². The lowest BCUT2D eigenvalue weighted by molar-refractivity contribution is -0.126. The number of hydrogen-bond donors (Lipinski definition) is 1. The fourth-order valence-electron chi connectivity index (χ4n) is 3.00. The molecule has 0 unspecified atom stereocenters. The van der Waals surface area contributed by atoms with Gasteiger partial charge in [0, 0.05) is 41.3 Å². The fraction of sp³-hybridized carbons (Fsp3) is 0.611. The van der Waals surface area contributed by atoms with Gasteiger partial charge in [-0.3, -0.25) is 4.79 Å². The van der Waals surface area contributed by atoms with Crippen LogP contribution in [0.2, 0.25) is 0 Å². The van der Waals surface area contributed by atoms with Crippen molar-refractivity contribution in [3.63, 3.8) is 0 Å². The average Bonchev–Trinajstić information content (AvgIpc) is 2.71. The number of carbonyl (C=O) groups is 1. The SMILES string of the molecule is CN(C)S(=O)(=O)c1ccc(OCCNC(=O)[C@@H]2CCCN(S(=O)(=O)N(C)C)C2)cc1. The Morgan fingerprint density at radius 1 is 1.10 bits per heavy atom. The topological polar surface area (TPSA) is 116 Å². The molecule has 170 valence electrons. The smallest absolute Gasteiger partial charge is 0.281 e. The summed E-state index contributed by atoms with van der Waals surface area (Å²) in [6.07, 6.45) is 1.26. The van der Waals surface area contributed by atoms with Crippen LogP contribution in [0.4, 0.5) is 0 Å². The van der Waals surface area contributed by atoms with Crippen LogP contribution in [0.25, 0.3) is 0 Å². The molecule has 1 N–H and O–H groups in total. The molecular weight excluding hydrogens is 432 g/mol. The Morgan fingerprint density at radius 3 is 2.30 bits per heavy atom. The van der Waals surface area contributed by atoms with E-state index < -0.39 is 26.2 Å². The minimum absolute atomic E-state index is 0.162. The number of hydrogen-bond acceptors (Lipinski definition) is 6. The third-order valence-corrected chi connectivity index (χ3v) is 8.55. The van der Waals surface area contributed by atoms with Gasteiger partial charge in [0.05, 0.1) is 17.4 Å². The molecule has 1 fully saturated rings. The van der Waals surface area contributed by atoms with E-state index in [1.807, 2.05) is 0 Å². The van der Waals surface area contributed by atoms with Crippen molar-refractivity contribution in [2.24, 2.45) is 5.92 Å². The van der Waals surface area contributed by atoms with E-state index in [-0.39, 0.29) is 30.5 Å². The van der Waals surface area contributed by atoms with Gasteiger partial charge in [0.2, 0.25) is 15.9 Å². The van der Waals surface area contributed by atoms with Crippen molar-refractivity contribution in [2.45, 2.75) is 17.7 Å². The second-order valence-corrected chi connectivity index (χ2v) is 11.7. The van der Waals surface area contributed by atoms with Gasteiger partial charge in [-0.05, 0) is 37.1 Å². The Hall–Kier alpha value is -1.73. The number of rotatable bonds is 9. The van der Waals surface area contributed by atoms with Gasteiger partial charge < -0.3 is 10.1 Å². The third kappa shape index (κ3) is 5.91. The first-order valence-corrected chi connectivity index (χ1v) is 12.4. The average molecular weight is 463 g/mol. The minimum Gasteiger partial charge on any atom is -0.492 e. The molecule has 0 aliphatic carbocycles. The summed E-state index contributed by atoms with van der Waals surface area (Å²) in [4.78, 5) is 12.6. The summed E-state index contributed by atoms with van der Waals surface area (Å²) in [6, 6.07) is 6.04. The van der Waals surface area contributed by atoms with Crippen LogP contribution in [-0.2, 0) is 25.0 Å². The molecule has 1 aliphatic rings. The first-order valence-electron chi connectivity index (χ1n) is 9.57. The first kappa shape index (κ1) is 24.5. The summed E-state index contributed by atoms with van der Waals surface area (Å²) < 4.78 is 57.8. The lowest BCUT2D eigenvalue weighted by Crippen LogP contribution is -2.49. The van der Waals surface area contributed by atoms with E-state index in [1.165, 1.54) is 44.6 Å². The maximum atomic E-state index is 12.4. The van der Waals surface area contributed by atoms with E-state index in [4.69, 9.17) is 4.74 Å². The van der Waals surface area contributed by atoms with Crippen molar-refractivity contribution in [1.29, 1.82) is 0 Å². The molecule has 10 nitrogen and oxygen atoms in total. The Morgan fingerprint density at radius 2 is 1.73 bits per heavy atom. The fourth-order valence-corrected chi connectivity index (χ4v) is 5.09. The Balaban J connectivity index is 1.81. The molecule has 0 bridgehead atoms. The van der Waals surface area contributed by atoms with E-state index >= 15 is 0 Å². The van der Waals surface area contributed by atoms with Crippen LogP contribution in [0.3, 0.4) is 0 Å². The molecule has 1 aromatic rings. The van der Waals surface area contributed by atoms with Crippen molar-refractivity contribution >= 4 is 26.1 Å². The Labute approximate surface area is 179 Å². The van der Waals surface area contributed by atoms with Crippen LogP contribution in [0.15, 0.2) is 29.2 Å². The molecule has 0 saturated carbocycles. The molecule has 30 heavy (non-hydrogen) atoms. The summed E-state index contributed by atoms with van der Waals surface area (Å²) in [7, 11) is -1.16. The van der Waals surface area contributed by atoms with Crippen LogP contribution < -0.4 is 10.1 Å². The number of nitrogens with zero attached hydrogens (tertiary/aromatic N) is 3. The van der Waals surface area contributed by atoms with Gasteiger partial charge in [-0.1, -0.05) is 0 Å². The maximum Gasteiger partial charge on any atom is 0.281 e. The second-order valence-electron chi connectivity index (χ2n) is 7.39. The van der Waals surface area contributed by atoms with Crippen LogP contribution in [0.1, 0.15) is 12.8 Å². The molecule has 1 aromatic carbocycles. The van der Waals surface area contributed by atoms with Gasteiger partial charge in [-0.25, -0.2) is 12.7 Å². The molecule has 0 aromatic heterocycles. The highest BCUT2D eigenvalue weighted by atomic mass is 32.2. The first-order chi connectivity index (χ1) is 14.0. The quantitative estimate of drug-likeness (QED) is 0.515. The van der Waals surface area contributed by atoms with Crippen molar-refractivity contribution in [2.75, 3.05) is 54.4 Å². The van der Waals surface area contributed by atoms with Gasteiger partial charge in [-0.15, -0.1) is 0 Å². The summed E-state index contributed by atoms with van der Waals surface area (Å²) in [5.41, 5.74) is 0.